The van der Waals surface area contributed by atoms with Crippen molar-refractivity contribution >= 4 is 11.5 Å². The van der Waals surface area contributed by atoms with Gasteiger partial charge in [-0.25, -0.2) is 9.50 Å². The van der Waals surface area contributed by atoms with E-state index in [-0.39, 0.29) is 0 Å². The van der Waals surface area contributed by atoms with Crippen LogP contribution in [0.4, 0.5) is 5.69 Å². The Hall–Kier alpha value is -2.63. The van der Waals surface area contributed by atoms with Gasteiger partial charge >= 0.3 is 0 Å². The third-order valence-electron chi connectivity index (χ3n) is 2.54. The van der Waals surface area contributed by atoms with Crippen molar-refractivity contribution in [1.29, 1.82) is 0 Å². The molecule has 0 atom stereocenters. The second-order valence-corrected chi connectivity index (χ2v) is 3.92. The van der Waals surface area contributed by atoms with Gasteiger partial charge < -0.3 is 10.5 Å². The molecule has 2 N–H and O–H groups in total. The first kappa shape index (κ1) is 10.5. The molecule has 0 unspecified atom stereocenters. The van der Waals surface area contributed by atoms with Crippen molar-refractivity contribution in [3.05, 3.63) is 42.5 Å². The number of nitrogen functional groups attached to an aromatic ring is 1. The van der Waals surface area contributed by atoms with Gasteiger partial charge in [0, 0.05) is 5.69 Å². The van der Waals surface area contributed by atoms with Crippen LogP contribution in [0.3, 0.4) is 0 Å². The lowest BCUT2D eigenvalue weighted by molar-refractivity contribution is 0.472. The van der Waals surface area contributed by atoms with Crippen molar-refractivity contribution in [3.63, 3.8) is 0 Å². The van der Waals surface area contributed by atoms with Crippen LogP contribution < -0.4 is 10.5 Å². The molecule has 6 nitrogen and oxygen atoms in total. The summed E-state index contributed by atoms with van der Waals surface area (Å²) < 4.78 is 7.29. The first-order valence-corrected chi connectivity index (χ1v) is 5.42. The molecule has 2 aromatic heterocycles. The topological polar surface area (TPSA) is 78.3 Å². The van der Waals surface area contributed by atoms with Crippen molar-refractivity contribution in [1.82, 2.24) is 19.6 Å². The molecule has 0 aliphatic rings. The van der Waals surface area contributed by atoms with Crippen LogP contribution in [-0.4, -0.2) is 19.6 Å². The predicted octanol–water partition coefficient (Wildman–Crippen LogP) is 1.81. The molecule has 6 heteroatoms. The highest BCUT2D eigenvalue weighted by molar-refractivity contribution is 5.48. The highest BCUT2D eigenvalue weighted by atomic mass is 16.5. The number of ether oxygens (including phenoxy) is 1. The molecule has 0 saturated carbocycles. The molecular weight excluding hydrogens is 230 g/mol. The smallest absolute Gasteiger partial charge is 0.252 e. The monoisotopic (exact) mass is 241 g/mol. The van der Waals surface area contributed by atoms with Crippen LogP contribution in [0.5, 0.6) is 11.5 Å². The van der Waals surface area contributed by atoms with Gasteiger partial charge in [-0.2, -0.15) is 10.1 Å². The number of aryl methyl sites for hydroxylation is 1. The number of benzene rings is 1. The first-order chi connectivity index (χ1) is 8.72. The molecule has 90 valence electrons. The van der Waals surface area contributed by atoms with Gasteiger partial charge in [0.25, 0.3) is 5.78 Å². The first-order valence-electron chi connectivity index (χ1n) is 5.42. The summed E-state index contributed by atoms with van der Waals surface area (Å²) in [6.07, 6.45) is 4.78. The Kier molecular flexibility index (Phi) is 2.33. The Morgan fingerprint density at radius 3 is 3.00 bits per heavy atom. The number of aromatic nitrogens is 4. The van der Waals surface area contributed by atoms with Crippen LogP contribution in [0.1, 0.15) is 5.56 Å². The Labute approximate surface area is 103 Å². The minimum Gasteiger partial charge on any atom is -0.454 e. The van der Waals surface area contributed by atoms with Crippen molar-refractivity contribution in [2.45, 2.75) is 6.92 Å². The highest BCUT2D eigenvalue weighted by Gasteiger charge is 2.04. The Balaban J connectivity index is 1.95. The zero-order chi connectivity index (χ0) is 12.5. The fourth-order valence-corrected chi connectivity index (χ4v) is 1.67. The lowest BCUT2D eigenvalue weighted by Gasteiger charge is -2.08. The molecule has 3 aromatic rings. The summed E-state index contributed by atoms with van der Waals surface area (Å²) >= 11 is 0. The van der Waals surface area contributed by atoms with Gasteiger partial charge in [-0.15, -0.1) is 0 Å². The van der Waals surface area contributed by atoms with Crippen molar-refractivity contribution < 1.29 is 4.74 Å². The van der Waals surface area contributed by atoms with Gasteiger partial charge in [0.1, 0.15) is 12.1 Å². The number of fused-ring (bicyclic) bond motifs is 1. The van der Waals surface area contributed by atoms with Gasteiger partial charge in [0.15, 0.2) is 5.75 Å². The molecule has 0 radical (unpaired) electrons. The van der Waals surface area contributed by atoms with E-state index in [4.69, 9.17) is 10.5 Å². The lowest BCUT2D eigenvalue weighted by Crippen LogP contribution is -1.95. The van der Waals surface area contributed by atoms with Crippen molar-refractivity contribution in [2.24, 2.45) is 0 Å². The Bertz CT molecular complexity index is 707. The molecule has 0 saturated heterocycles. The fraction of sp³-hybridized carbons (Fsp3) is 0.0833. The number of anilines is 1. The maximum atomic E-state index is 5.73. The standard InChI is InChI=1S/C12H11N5O/c1-8-4-9(13)2-3-11(8)18-10-5-14-12-15-7-16-17(12)6-10/h2-7H,13H2,1H3. The molecule has 3 rings (SSSR count). The largest absolute Gasteiger partial charge is 0.454 e. The minimum atomic E-state index is 0.538. The average molecular weight is 241 g/mol. The number of rotatable bonds is 2. The minimum absolute atomic E-state index is 0.538. The molecule has 0 aliphatic carbocycles. The molecule has 1 aromatic carbocycles. The van der Waals surface area contributed by atoms with E-state index in [9.17, 15) is 0 Å². The van der Waals surface area contributed by atoms with Crippen LogP contribution >= 0.6 is 0 Å². The van der Waals surface area contributed by atoms with E-state index in [0.29, 0.717) is 17.2 Å². The third-order valence-corrected chi connectivity index (χ3v) is 2.54. The quantitative estimate of drug-likeness (QED) is 0.692. The summed E-state index contributed by atoms with van der Waals surface area (Å²) in [5.74, 6) is 1.88. The maximum Gasteiger partial charge on any atom is 0.252 e. The van der Waals surface area contributed by atoms with Gasteiger partial charge in [-0.05, 0) is 30.7 Å². The highest BCUT2D eigenvalue weighted by Crippen LogP contribution is 2.25. The van der Waals surface area contributed by atoms with E-state index in [2.05, 4.69) is 15.1 Å². The summed E-state index contributed by atoms with van der Waals surface area (Å²) in [5, 5.41) is 4.00. The average Bonchev–Trinajstić information content (AvgIpc) is 2.80. The van der Waals surface area contributed by atoms with E-state index >= 15 is 0 Å². The summed E-state index contributed by atoms with van der Waals surface area (Å²) in [6.45, 7) is 1.94. The maximum absolute atomic E-state index is 5.73. The SMILES string of the molecule is Cc1cc(N)ccc1Oc1cnc2ncnn2c1. The van der Waals surface area contributed by atoms with E-state index in [1.54, 1.807) is 23.0 Å². The van der Waals surface area contributed by atoms with Gasteiger partial charge in [-0.1, -0.05) is 0 Å². The predicted molar refractivity (Wildman–Crippen MR) is 66.4 cm³/mol. The third kappa shape index (κ3) is 1.84. The summed E-state index contributed by atoms with van der Waals surface area (Å²) in [5.41, 5.74) is 7.37. The fourth-order valence-electron chi connectivity index (χ4n) is 1.67. The molecule has 0 spiro atoms. The van der Waals surface area contributed by atoms with Crippen molar-refractivity contribution in [2.75, 3.05) is 5.73 Å². The molecule has 0 bridgehead atoms. The van der Waals surface area contributed by atoms with Crippen LogP contribution in [0.2, 0.25) is 0 Å². The second kappa shape index (κ2) is 3.99. The van der Waals surface area contributed by atoms with Crippen LogP contribution in [-0.2, 0) is 0 Å². The second-order valence-electron chi connectivity index (χ2n) is 3.92. The zero-order valence-corrected chi connectivity index (χ0v) is 9.74. The number of nitrogens with two attached hydrogens (primary N) is 1. The van der Waals surface area contributed by atoms with Crippen molar-refractivity contribution in [3.8, 4) is 11.5 Å². The Morgan fingerprint density at radius 2 is 2.17 bits per heavy atom. The van der Waals surface area contributed by atoms with E-state index in [1.807, 2.05) is 19.1 Å². The summed E-state index contributed by atoms with van der Waals surface area (Å²) in [4.78, 5) is 8.09. The van der Waals surface area contributed by atoms with E-state index in [0.717, 1.165) is 11.3 Å². The van der Waals surface area contributed by atoms with Gasteiger partial charge in [0.05, 0.1) is 12.4 Å². The van der Waals surface area contributed by atoms with Crippen LogP contribution in [0.25, 0.3) is 5.78 Å². The van der Waals surface area contributed by atoms with E-state index < -0.39 is 0 Å². The molecule has 0 aliphatic heterocycles. The number of hydrogen-bond donors (Lipinski definition) is 1. The summed E-state index contributed by atoms with van der Waals surface area (Å²) in [6, 6.07) is 5.48. The molecular formula is C12H11N5O. The molecule has 2 heterocycles. The molecule has 0 fully saturated rings. The normalized spacial score (nSPS) is 10.7. The zero-order valence-electron chi connectivity index (χ0n) is 9.74. The molecule has 0 amide bonds. The molecule has 18 heavy (non-hydrogen) atoms. The summed E-state index contributed by atoms with van der Waals surface area (Å²) in [7, 11) is 0. The van der Waals surface area contributed by atoms with Gasteiger partial charge in [-0.3, -0.25) is 0 Å². The number of nitrogens with zero attached hydrogens (tertiary/aromatic N) is 4. The number of hydrogen-bond acceptors (Lipinski definition) is 5. The van der Waals surface area contributed by atoms with E-state index in [1.165, 1.54) is 6.33 Å². The Morgan fingerprint density at radius 1 is 1.28 bits per heavy atom. The van der Waals surface area contributed by atoms with Gasteiger partial charge in [0.2, 0.25) is 0 Å². The lowest BCUT2D eigenvalue weighted by atomic mass is 10.2. The van der Waals surface area contributed by atoms with Crippen LogP contribution in [0.15, 0.2) is 36.9 Å². The van der Waals surface area contributed by atoms with Crippen LogP contribution in [0, 0.1) is 6.92 Å².